The Morgan fingerprint density at radius 2 is 1.79 bits per heavy atom. The number of hydrogen-bond acceptors (Lipinski definition) is 8. The Morgan fingerprint density at radius 1 is 1.09 bits per heavy atom. The molecule has 2 aliphatic heterocycles. The molecule has 9 heteroatoms. The predicted octanol–water partition coefficient (Wildman–Crippen LogP) is 0.893. The first kappa shape index (κ1) is 26.5. The molecule has 0 aliphatic carbocycles. The molecule has 9 nitrogen and oxygen atoms in total. The molecule has 2 aliphatic rings. The maximum Gasteiger partial charge on any atom is 0.312 e. The highest BCUT2D eigenvalue weighted by Gasteiger charge is 2.42. The molecule has 0 bridgehead atoms. The second kappa shape index (κ2) is 12.6. The number of pyridine rings is 1. The normalized spacial score (nSPS) is 25.3. The van der Waals surface area contributed by atoms with E-state index in [2.05, 4.69) is 9.88 Å². The number of aromatic nitrogens is 1. The van der Waals surface area contributed by atoms with Gasteiger partial charge in [0.1, 0.15) is 12.7 Å². The molecule has 1 spiro atoms. The Bertz CT molecular complexity index is 783. The van der Waals surface area contributed by atoms with Crippen molar-refractivity contribution in [1.29, 1.82) is 0 Å². The molecule has 34 heavy (non-hydrogen) atoms. The lowest BCUT2D eigenvalue weighted by Gasteiger charge is -2.40. The van der Waals surface area contributed by atoms with Gasteiger partial charge in [-0.15, -0.1) is 0 Å². The minimum absolute atomic E-state index is 0.00743. The highest BCUT2D eigenvalue weighted by atomic mass is 16.5. The van der Waals surface area contributed by atoms with Crippen LogP contribution in [0.3, 0.4) is 0 Å². The van der Waals surface area contributed by atoms with Crippen LogP contribution in [0.5, 0.6) is 0 Å². The largest absolute Gasteiger partial charge is 0.462 e. The van der Waals surface area contributed by atoms with Crippen molar-refractivity contribution in [1.82, 2.24) is 19.7 Å². The number of aliphatic hydroxyl groups excluding tert-OH is 2. The lowest BCUT2D eigenvalue weighted by Crippen LogP contribution is -2.45. The van der Waals surface area contributed by atoms with Crippen LogP contribution < -0.4 is 0 Å². The van der Waals surface area contributed by atoms with Crippen LogP contribution in [0.25, 0.3) is 0 Å². The summed E-state index contributed by atoms with van der Waals surface area (Å²) in [6, 6.07) is 4.02. The van der Waals surface area contributed by atoms with E-state index in [0.29, 0.717) is 38.9 Å². The third kappa shape index (κ3) is 7.46. The second-order valence-electron chi connectivity index (χ2n) is 10.0. The molecule has 0 radical (unpaired) electrons. The molecule has 2 N–H and O–H groups in total. The van der Waals surface area contributed by atoms with Crippen molar-refractivity contribution >= 4 is 11.9 Å². The number of aliphatic hydroxyl groups is 2. The Hall–Kier alpha value is -2.07. The molecule has 0 unspecified atom stereocenters. The SMILES string of the molecule is CN(C)CC(=O)N1CCCCC2(CCN(Cc3ccncc3)CC2)C(=O)OC[C@@H](O)[C@@H](O)CC1. The van der Waals surface area contributed by atoms with Crippen LogP contribution in [-0.4, -0.2) is 107 Å². The molecule has 1 aromatic heterocycles. The molecule has 1 amide bonds. The topological polar surface area (TPSA) is 106 Å². The number of cyclic esters (lactones) is 1. The zero-order valence-corrected chi connectivity index (χ0v) is 20.6. The lowest BCUT2D eigenvalue weighted by molar-refractivity contribution is -0.165. The van der Waals surface area contributed by atoms with E-state index in [1.54, 1.807) is 17.3 Å². The third-order valence-electron chi connectivity index (χ3n) is 7.06. The van der Waals surface area contributed by atoms with Crippen molar-refractivity contribution in [3.63, 3.8) is 0 Å². The Balaban J connectivity index is 1.65. The molecule has 0 saturated carbocycles. The molecule has 190 valence electrons. The number of rotatable bonds is 4. The maximum atomic E-state index is 13.2. The van der Waals surface area contributed by atoms with Gasteiger partial charge in [-0.3, -0.25) is 19.5 Å². The molecule has 2 atom stereocenters. The van der Waals surface area contributed by atoms with Crippen molar-refractivity contribution in [2.24, 2.45) is 5.41 Å². The Morgan fingerprint density at radius 3 is 2.47 bits per heavy atom. The number of esters is 1. The van der Waals surface area contributed by atoms with Crippen molar-refractivity contribution in [3.05, 3.63) is 30.1 Å². The van der Waals surface area contributed by atoms with Gasteiger partial charge in [0.05, 0.1) is 18.1 Å². The van der Waals surface area contributed by atoms with Crippen LogP contribution in [0, 0.1) is 5.41 Å². The van der Waals surface area contributed by atoms with E-state index in [0.717, 1.165) is 32.5 Å². The molecular formula is C25H40N4O5. The van der Waals surface area contributed by atoms with Crippen LogP contribution in [0.1, 0.15) is 44.1 Å². The number of hydrogen-bond donors (Lipinski definition) is 2. The summed E-state index contributed by atoms with van der Waals surface area (Å²) in [5.74, 6) is -0.268. The van der Waals surface area contributed by atoms with Crippen LogP contribution >= 0.6 is 0 Å². The fourth-order valence-corrected chi connectivity index (χ4v) is 4.85. The first-order chi connectivity index (χ1) is 16.3. The van der Waals surface area contributed by atoms with Gasteiger partial charge >= 0.3 is 5.97 Å². The fourth-order valence-electron chi connectivity index (χ4n) is 4.85. The lowest BCUT2D eigenvalue weighted by atomic mass is 9.74. The number of amides is 1. The summed E-state index contributed by atoms with van der Waals surface area (Å²) < 4.78 is 5.55. The van der Waals surface area contributed by atoms with E-state index in [1.807, 2.05) is 31.1 Å². The first-order valence-corrected chi connectivity index (χ1v) is 12.4. The van der Waals surface area contributed by atoms with Gasteiger partial charge < -0.3 is 24.7 Å². The zero-order chi connectivity index (χ0) is 24.6. The number of likely N-dealkylation sites (tertiary alicyclic amines) is 1. The van der Waals surface area contributed by atoms with E-state index in [9.17, 15) is 19.8 Å². The van der Waals surface area contributed by atoms with Crippen LogP contribution in [-0.2, 0) is 20.9 Å². The third-order valence-corrected chi connectivity index (χ3v) is 7.06. The summed E-state index contributed by atoms with van der Waals surface area (Å²) in [7, 11) is 3.70. The smallest absolute Gasteiger partial charge is 0.312 e. The van der Waals surface area contributed by atoms with Crippen molar-refractivity contribution in [3.8, 4) is 0 Å². The standard InChI is InChI=1S/C25H40N4O5/c1-27(2)18-23(32)29-13-4-3-8-25(24(33)34-19-22(31)21(30)7-14-29)9-15-28(16-10-25)17-20-5-11-26-12-6-20/h5-6,11-12,21-22,30-31H,3-4,7-10,13-19H2,1-2H3/t21-,22+/m0/s1. The monoisotopic (exact) mass is 476 g/mol. The molecule has 1 aromatic rings. The van der Waals surface area contributed by atoms with Gasteiger partial charge in [-0.05, 0) is 77.0 Å². The van der Waals surface area contributed by atoms with Crippen LogP contribution in [0.15, 0.2) is 24.5 Å². The number of ether oxygens (including phenoxy) is 1. The van der Waals surface area contributed by atoms with E-state index < -0.39 is 17.6 Å². The van der Waals surface area contributed by atoms with E-state index in [1.165, 1.54) is 5.56 Å². The Kier molecular flexibility index (Phi) is 9.82. The van der Waals surface area contributed by atoms with E-state index >= 15 is 0 Å². The summed E-state index contributed by atoms with van der Waals surface area (Å²) in [5.41, 5.74) is 0.606. The highest BCUT2D eigenvalue weighted by molar-refractivity contribution is 5.78. The van der Waals surface area contributed by atoms with Gasteiger partial charge in [-0.25, -0.2) is 0 Å². The summed E-state index contributed by atoms with van der Waals surface area (Å²) in [6.07, 6.45) is 5.29. The predicted molar refractivity (Wildman–Crippen MR) is 128 cm³/mol. The minimum atomic E-state index is -1.17. The van der Waals surface area contributed by atoms with Crippen molar-refractivity contribution < 1.29 is 24.5 Å². The van der Waals surface area contributed by atoms with Crippen molar-refractivity contribution in [2.45, 2.75) is 57.3 Å². The molecule has 2 fully saturated rings. The Labute approximate surface area is 202 Å². The molecular weight excluding hydrogens is 436 g/mol. The summed E-state index contributed by atoms with van der Waals surface area (Å²) in [5, 5.41) is 20.7. The maximum absolute atomic E-state index is 13.2. The van der Waals surface area contributed by atoms with Gasteiger partial charge in [-0.1, -0.05) is 6.42 Å². The quantitative estimate of drug-likeness (QED) is 0.618. The molecule has 3 heterocycles. The summed E-state index contributed by atoms with van der Waals surface area (Å²) >= 11 is 0. The number of carbonyl (C=O) groups is 2. The summed E-state index contributed by atoms with van der Waals surface area (Å²) in [6.45, 7) is 3.42. The van der Waals surface area contributed by atoms with E-state index in [-0.39, 0.29) is 24.9 Å². The average Bonchev–Trinajstić information content (AvgIpc) is 2.83. The van der Waals surface area contributed by atoms with Crippen molar-refractivity contribution in [2.75, 3.05) is 53.4 Å². The number of likely N-dealkylation sites (N-methyl/N-ethyl adjacent to an activating group) is 1. The van der Waals surface area contributed by atoms with Gasteiger partial charge in [0.15, 0.2) is 0 Å². The fraction of sp³-hybridized carbons (Fsp3) is 0.720. The van der Waals surface area contributed by atoms with Gasteiger partial charge in [0.2, 0.25) is 5.91 Å². The highest BCUT2D eigenvalue weighted by Crippen LogP contribution is 2.38. The zero-order valence-electron chi connectivity index (χ0n) is 20.6. The summed E-state index contributed by atoms with van der Waals surface area (Å²) in [4.78, 5) is 35.9. The average molecular weight is 477 g/mol. The molecule has 2 saturated heterocycles. The first-order valence-electron chi connectivity index (χ1n) is 12.4. The minimum Gasteiger partial charge on any atom is -0.462 e. The van der Waals surface area contributed by atoms with Gasteiger partial charge in [0, 0.05) is 32.0 Å². The van der Waals surface area contributed by atoms with Gasteiger partial charge in [0.25, 0.3) is 0 Å². The number of carbonyl (C=O) groups excluding carboxylic acids is 2. The number of nitrogens with zero attached hydrogens (tertiary/aromatic N) is 4. The molecule has 3 rings (SSSR count). The van der Waals surface area contributed by atoms with E-state index in [4.69, 9.17) is 4.74 Å². The number of piperidine rings is 1. The molecule has 0 aromatic carbocycles. The van der Waals surface area contributed by atoms with Gasteiger partial charge in [-0.2, -0.15) is 0 Å². The van der Waals surface area contributed by atoms with Crippen LogP contribution in [0.4, 0.5) is 0 Å². The van der Waals surface area contributed by atoms with Crippen LogP contribution in [0.2, 0.25) is 0 Å². The second-order valence-corrected chi connectivity index (χ2v) is 10.0.